The highest BCUT2D eigenvalue weighted by atomic mass is 31.2. The van der Waals surface area contributed by atoms with Crippen LogP contribution in [0.15, 0.2) is 6.33 Å². The molecule has 18 heteroatoms. The second kappa shape index (κ2) is 17.1. The number of ether oxygens (including phenoxy) is 4. The molecule has 1 aliphatic rings. The molecule has 0 amide bonds. The van der Waals surface area contributed by atoms with E-state index in [4.69, 9.17) is 29.2 Å². The highest BCUT2D eigenvalue weighted by Crippen LogP contribution is 2.45. The highest BCUT2D eigenvalue weighted by Gasteiger charge is 2.54. The number of hydrogen-bond donors (Lipinski definition) is 5. The number of nitrogens with one attached hydrogen (secondary N) is 2. The molecule has 3 heterocycles. The summed E-state index contributed by atoms with van der Waals surface area (Å²) in [6.45, 7) is 14.2. The highest BCUT2D eigenvalue weighted by molar-refractivity contribution is 7.54. The van der Waals surface area contributed by atoms with Gasteiger partial charge in [-0.2, -0.15) is 9.97 Å². The Labute approximate surface area is 281 Å². The van der Waals surface area contributed by atoms with Crippen molar-refractivity contribution in [1.29, 1.82) is 0 Å². The number of nitrogen functional groups attached to an aromatic ring is 1. The standard InChI is InChI=1S/C30H52N7O10P/c1-9-12-45-25-22-24(33-29(31)34-25)37(16-32-22)28-30(8,41)23(38)21(47-28)15-46-48(42,35-19(13-17(4)5)26(39)43-10-2)36-20(14-18(6)7)27(40)44-11-3/h16-21,23,28,38,41H,9-15H2,1-8H3,(H2,31,33,34)(H2,35,36,42)/t19-,20-,21+,23?,28+,30-/m0/s1. The van der Waals surface area contributed by atoms with Gasteiger partial charge in [-0.05, 0) is 51.9 Å². The van der Waals surface area contributed by atoms with E-state index in [0.717, 1.165) is 0 Å². The molecule has 272 valence electrons. The number of hydrogen-bond acceptors (Lipinski definition) is 14. The van der Waals surface area contributed by atoms with Crippen molar-refractivity contribution >= 4 is 36.7 Å². The number of carbonyl (C=O) groups is 2. The van der Waals surface area contributed by atoms with Crippen LogP contribution in [0.1, 0.15) is 80.9 Å². The fourth-order valence-corrected chi connectivity index (χ4v) is 7.11. The van der Waals surface area contributed by atoms with Crippen LogP contribution < -0.4 is 20.6 Å². The van der Waals surface area contributed by atoms with Crippen LogP contribution >= 0.6 is 7.67 Å². The molecule has 48 heavy (non-hydrogen) atoms. The van der Waals surface area contributed by atoms with E-state index in [9.17, 15) is 24.4 Å². The summed E-state index contributed by atoms with van der Waals surface area (Å²) in [5.41, 5.74) is 4.48. The molecule has 0 radical (unpaired) electrons. The second-order valence-electron chi connectivity index (χ2n) is 12.7. The Morgan fingerprint density at radius 2 is 1.62 bits per heavy atom. The van der Waals surface area contributed by atoms with Crippen LogP contribution in [-0.4, -0.2) is 98.0 Å². The zero-order valence-corrected chi connectivity index (χ0v) is 29.9. The maximum Gasteiger partial charge on any atom is 0.342 e. The maximum absolute atomic E-state index is 14.6. The average molecular weight is 702 g/mol. The van der Waals surface area contributed by atoms with Crippen LogP contribution in [0.3, 0.4) is 0 Å². The molecule has 2 aromatic heterocycles. The molecule has 1 unspecified atom stereocenters. The predicted octanol–water partition coefficient (Wildman–Crippen LogP) is 2.47. The third-order valence-electron chi connectivity index (χ3n) is 7.49. The number of fused-ring (bicyclic) bond motifs is 1. The molecule has 3 rings (SSSR count). The van der Waals surface area contributed by atoms with Gasteiger partial charge in [-0.25, -0.2) is 15.2 Å². The van der Waals surface area contributed by atoms with Gasteiger partial charge in [0.25, 0.3) is 0 Å². The number of imidazole rings is 1. The molecule has 0 saturated carbocycles. The van der Waals surface area contributed by atoms with Gasteiger partial charge in [-0.3, -0.25) is 18.7 Å². The van der Waals surface area contributed by atoms with Crippen molar-refractivity contribution in [1.82, 2.24) is 29.7 Å². The van der Waals surface area contributed by atoms with E-state index < -0.39 is 62.3 Å². The number of nitrogens with zero attached hydrogens (tertiary/aromatic N) is 4. The molecular formula is C30H52N7O10P. The van der Waals surface area contributed by atoms with Gasteiger partial charge in [0.15, 0.2) is 17.4 Å². The van der Waals surface area contributed by atoms with Crippen LogP contribution in [0.4, 0.5) is 5.95 Å². The van der Waals surface area contributed by atoms with E-state index in [1.54, 1.807) is 13.8 Å². The van der Waals surface area contributed by atoms with Crippen LogP contribution in [0.2, 0.25) is 0 Å². The molecule has 0 bridgehead atoms. The number of aromatic nitrogens is 4. The van der Waals surface area contributed by atoms with Gasteiger partial charge in [0.2, 0.25) is 11.8 Å². The fourth-order valence-electron chi connectivity index (χ4n) is 5.29. The normalized spacial score (nSPS) is 22.7. The summed E-state index contributed by atoms with van der Waals surface area (Å²) in [4.78, 5) is 38.6. The number of aliphatic hydroxyl groups excluding tert-OH is 1. The topological polar surface area (TPSA) is 231 Å². The zero-order valence-electron chi connectivity index (χ0n) is 29.0. The first-order chi connectivity index (χ1) is 22.6. The minimum absolute atomic E-state index is 0.0107. The molecular weight excluding hydrogens is 649 g/mol. The van der Waals surface area contributed by atoms with E-state index >= 15 is 0 Å². The Morgan fingerprint density at radius 3 is 2.12 bits per heavy atom. The van der Waals surface area contributed by atoms with Crippen molar-refractivity contribution < 1.29 is 47.8 Å². The van der Waals surface area contributed by atoms with Crippen LogP contribution in [0.25, 0.3) is 11.2 Å². The first-order valence-corrected chi connectivity index (χ1v) is 18.0. The molecule has 6 atom stereocenters. The molecule has 2 aromatic rings. The van der Waals surface area contributed by atoms with Crippen molar-refractivity contribution in [3.8, 4) is 5.88 Å². The summed E-state index contributed by atoms with van der Waals surface area (Å²) in [7, 11) is -4.31. The van der Waals surface area contributed by atoms with Crippen LogP contribution in [0, 0.1) is 11.8 Å². The van der Waals surface area contributed by atoms with Crippen molar-refractivity contribution in [2.45, 2.75) is 111 Å². The number of aliphatic hydroxyl groups is 2. The van der Waals surface area contributed by atoms with Crippen LogP contribution in [0.5, 0.6) is 5.88 Å². The number of rotatable bonds is 19. The van der Waals surface area contributed by atoms with E-state index in [1.165, 1.54) is 17.8 Å². The zero-order chi connectivity index (χ0) is 35.8. The predicted molar refractivity (Wildman–Crippen MR) is 176 cm³/mol. The van der Waals surface area contributed by atoms with Gasteiger partial charge in [0.1, 0.15) is 29.9 Å². The first kappa shape index (κ1) is 39.5. The van der Waals surface area contributed by atoms with E-state index in [-0.39, 0.29) is 60.9 Å². The quantitative estimate of drug-likeness (QED) is 0.105. The average Bonchev–Trinajstić information content (AvgIpc) is 3.51. The lowest BCUT2D eigenvalue weighted by atomic mass is 9.96. The van der Waals surface area contributed by atoms with E-state index in [0.29, 0.717) is 13.0 Å². The summed E-state index contributed by atoms with van der Waals surface area (Å²) < 4.78 is 44.1. The van der Waals surface area contributed by atoms with E-state index in [2.05, 4.69) is 25.1 Å². The minimum Gasteiger partial charge on any atom is -0.476 e. The third-order valence-corrected chi connectivity index (χ3v) is 9.30. The third kappa shape index (κ3) is 9.83. The summed E-state index contributed by atoms with van der Waals surface area (Å²) >= 11 is 0. The summed E-state index contributed by atoms with van der Waals surface area (Å²) in [5, 5.41) is 28.3. The van der Waals surface area contributed by atoms with Crippen molar-refractivity contribution in [3.05, 3.63) is 6.33 Å². The SMILES string of the molecule is CCCOc1nc(N)nc2c1ncn2[C@@H]1O[C@H](COP(=O)(N[C@@H](CC(C)C)C(=O)OCC)N[C@@H](CC(C)C)C(=O)OCC)C(O)[C@]1(C)O. The molecule has 1 aliphatic heterocycles. The minimum atomic E-state index is -4.31. The van der Waals surface area contributed by atoms with Crippen molar-refractivity contribution in [3.63, 3.8) is 0 Å². The van der Waals surface area contributed by atoms with Gasteiger partial charge < -0.3 is 39.4 Å². The monoisotopic (exact) mass is 701 g/mol. The Kier molecular flexibility index (Phi) is 14.1. The van der Waals surface area contributed by atoms with Crippen molar-refractivity contribution in [2.24, 2.45) is 11.8 Å². The molecule has 6 N–H and O–H groups in total. The lowest BCUT2D eigenvalue weighted by molar-refractivity contribution is -0.146. The summed E-state index contributed by atoms with van der Waals surface area (Å²) in [6, 6.07) is -2.14. The maximum atomic E-state index is 14.6. The number of esters is 2. The van der Waals surface area contributed by atoms with Gasteiger partial charge in [0.05, 0.1) is 32.8 Å². The lowest BCUT2D eigenvalue weighted by Crippen LogP contribution is -2.47. The molecule has 0 spiro atoms. The number of carbonyl (C=O) groups excluding carboxylic acids is 2. The number of nitrogens with two attached hydrogens (primary N) is 1. The molecule has 1 saturated heterocycles. The Hall–Kier alpha value is -2.92. The Bertz CT molecular complexity index is 1380. The van der Waals surface area contributed by atoms with Gasteiger partial charge in [-0.15, -0.1) is 0 Å². The number of anilines is 1. The molecule has 0 aromatic carbocycles. The Morgan fingerprint density at radius 1 is 1.06 bits per heavy atom. The fraction of sp³-hybridized carbons (Fsp3) is 0.767. The molecule has 1 fully saturated rings. The van der Waals surface area contributed by atoms with Gasteiger partial charge in [-0.1, -0.05) is 34.6 Å². The smallest absolute Gasteiger partial charge is 0.342 e. The first-order valence-electron chi connectivity index (χ1n) is 16.4. The largest absolute Gasteiger partial charge is 0.476 e. The van der Waals surface area contributed by atoms with Gasteiger partial charge in [0, 0.05) is 0 Å². The summed E-state index contributed by atoms with van der Waals surface area (Å²) in [6.07, 6.45) is -1.51. The summed E-state index contributed by atoms with van der Waals surface area (Å²) in [5.74, 6) is -1.26. The van der Waals surface area contributed by atoms with E-state index in [1.807, 2.05) is 34.6 Å². The lowest BCUT2D eigenvalue weighted by Gasteiger charge is -2.30. The van der Waals surface area contributed by atoms with Gasteiger partial charge >= 0.3 is 19.6 Å². The molecule has 17 nitrogen and oxygen atoms in total. The van der Waals surface area contributed by atoms with Crippen LogP contribution in [-0.2, 0) is 32.9 Å². The Balaban J connectivity index is 1.94. The second-order valence-corrected chi connectivity index (χ2v) is 14.6. The van der Waals surface area contributed by atoms with Crippen molar-refractivity contribution in [2.75, 3.05) is 32.2 Å². The molecule has 0 aliphatic carbocycles.